The van der Waals surface area contributed by atoms with Crippen LogP contribution in [0.25, 0.3) is 11.1 Å². The quantitative estimate of drug-likeness (QED) is 0.136. The minimum Gasteiger partial charge on any atom is -0.497 e. The van der Waals surface area contributed by atoms with Gasteiger partial charge < -0.3 is 19.7 Å². The lowest BCUT2D eigenvalue weighted by molar-refractivity contribution is -0.137. The number of unbranched alkanes of at least 4 members (excludes halogenated alkanes) is 1. The van der Waals surface area contributed by atoms with E-state index in [-0.39, 0.29) is 24.4 Å². The summed E-state index contributed by atoms with van der Waals surface area (Å²) in [6.07, 6.45) is 2.09. The molecule has 4 aromatic carbocycles. The summed E-state index contributed by atoms with van der Waals surface area (Å²) < 4.78 is 26.3. The summed E-state index contributed by atoms with van der Waals surface area (Å²) in [5, 5.41) is 18.2. The molecule has 43 heavy (non-hydrogen) atoms. The van der Waals surface area contributed by atoms with Crippen LogP contribution < -0.4 is 9.47 Å². The molecular formula is C35H36FNO6. The van der Waals surface area contributed by atoms with Crippen LogP contribution in [0.2, 0.25) is 0 Å². The molecule has 0 atom stereocenters. The first-order chi connectivity index (χ1) is 20.8. The maximum atomic E-state index is 15.0. The number of carbonyl (C=O) groups is 2. The lowest BCUT2D eigenvalue weighted by atomic mass is 10.0. The molecule has 7 nitrogen and oxygen atoms in total. The van der Waals surface area contributed by atoms with Crippen molar-refractivity contribution in [3.05, 3.63) is 119 Å². The van der Waals surface area contributed by atoms with Crippen molar-refractivity contribution in [2.24, 2.45) is 0 Å². The zero-order valence-electron chi connectivity index (χ0n) is 24.2. The van der Waals surface area contributed by atoms with Gasteiger partial charge >= 0.3 is 11.9 Å². The van der Waals surface area contributed by atoms with Crippen LogP contribution in [0.4, 0.5) is 4.39 Å². The van der Waals surface area contributed by atoms with Gasteiger partial charge in [0.2, 0.25) is 0 Å². The summed E-state index contributed by atoms with van der Waals surface area (Å²) in [5.41, 5.74) is 4.30. The first-order valence-corrected chi connectivity index (χ1v) is 14.2. The molecule has 8 heteroatoms. The molecule has 0 fully saturated rings. The summed E-state index contributed by atoms with van der Waals surface area (Å²) >= 11 is 0. The Balaban J connectivity index is 1.40. The van der Waals surface area contributed by atoms with Crippen molar-refractivity contribution in [1.29, 1.82) is 0 Å². The molecule has 0 unspecified atom stereocenters. The maximum Gasteiger partial charge on any atom is 0.335 e. The first-order valence-electron chi connectivity index (χ1n) is 14.2. The van der Waals surface area contributed by atoms with E-state index in [1.165, 1.54) is 6.07 Å². The van der Waals surface area contributed by atoms with Crippen LogP contribution in [-0.2, 0) is 24.4 Å². The van der Waals surface area contributed by atoms with E-state index in [2.05, 4.69) is 4.90 Å². The highest BCUT2D eigenvalue weighted by Gasteiger charge is 2.12. The van der Waals surface area contributed by atoms with Gasteiger partial charge in [-0.25, -0.2) is 9.18 Å². The molecule has 0 saturated carbocycles. The second-order valence-corrected chi connectivity index (χ2v) is 10.3. The van der Waals surface area contributed by atoms with E-state index in [1.807, 2.05) is 54.6 Å². The Morgan fingerprint density at radius 3 is 2.21 bits per heavy atom. The fraction of sp³-hybridized carbons (Fsp3) is 0.257. The number of ether oxygens (including phenoxy) is 2. The highest BCUT2D eigenvalue weighted by atomic mass is 19.1. The third-order valence-electron chi connectivity index (χ3n) is 7.25. The fourth-order valence-electron chi connectivity index (χ4n) is 4.81. The lowest BCUT2D eigenvalue weighted by Crippen LogP contribution is -2.27. The minimum atomic E-state index is -0.971. The Hall–Kier alpha value is -4.69. The number of nitrogens with zero attached hydrogens (tertiary/aromatic N) is 1. The molecule has 0 aliphatic rings. The summed E-state index contributed by atoms with van der Waals surface area (Å²) in [6, 6.07) is 27.1. The van der Waals surface area contributed by atoms with Gasteiger partial charge in [-0.2, -0.15) is 0 Å². The molecule has 0 aliphatic heterocycles. The average Bonchev–Trinajstić information content (AvgIpc) is 3.01. The molecule has 0 bridgehead atoms. The van der Waals surface area contributed by atoms with Crippen molar-refractivity contribution in [1.82, 2.24) is 4.90 Å². The summed E-state index contributed by atoms with van der Waals surface area (Å²) in [4.78, 5) is 24.4. The maximum absolute atomic E-state index is 15.0. The third-order valence-corrected chi connectivity index (χ3v) is 7.25. The number of aliphatic carboxylic acids is 1. The number of benzene rings is 4. The number of para-hydroxylation sites is 1. The lowest BCUT2D eigenvalue weighted by Gasteiger charge is -2.23. The highest BCUT2D eigenvalue weighted by Crippen LogP contribution is 2.26. The zero-order chi connectivity index (χ0) is 30.6. The van der Waals surface area contributed by atoms with E-state index in [9.17, 15) is 14.7 Å². The largest absolute Gasteiger partial charge is 0.497 e. The first kappa shape index (κ1) is 31.3. The summed E-state index contributed by atoms with van der Waals surface area (Å²) in [7, 11) is 1.60. The number of halogens is 1. The monoisotopic (exact) mass is 585 g/mol. The SMILES string of the molecule is COc1ccc(-c2ccc(COc3ccccc3CCN(CCCCC(=O)O)Cc3ccc(C(=O)O)cc3)c(F)c2)cc1. The van der Waals surface area contributed by atoms with Crippen molar-refractivity contribution in [3.63, 3.8) is 0 Å². The number of aromatic carboxylic acids is 1. The molecule has 4 rings (SSSR count). The highest BCUT2D eigenvalue weighted by molar-refractivity contribution is 5.87. The van der Waals surface area contributed by atoms with E-state index in [1.54, 1.807) is 37.4 Å². The molecule has 0 saturated heterocycles. The number of hydrogen-bond acceptors (Lipinski definition) is 5. The molecule has 0 spiro atoms. The Morgan fingerprint density at radius 1 is 0.814 bits per heavy atom. The summed E-state index contributed by atoms with van der Waals surface area (Å²) in [6.45, 7) is 2.06. The van der Waals surface area contributed by atoms with E-state index < -0.39 is 11.9 Å². The zero-order valence-corrected chi connectivity index (χ0v) is 24.2. The van der Waals surface area contributed by atoms with Crippen molar-refractivity contribution >= 4 is 11.9 Å². The van der Waals surface area contributed by atoms with E-state index in [0.717, 1.165) is 34.4 Å². The molecule has 0 heterocycles. The van der Waals surface area contributed by atoms with Crippen LogP contribution in [0, 0.1) is 5.82 Å². The topological polar surface area (TPSA) is 96.3 Å². The minimum absolute atomic E-state index is 0.0839. The van der Waals surface area contributed by atoms with Crippen molar-refractivity contribution in [2.75, 3.05) is 20.2 Å². The number of methoxy groups -OCH3 is 1. The Labute approximate surface area is 251 Å². The van der Waals surface area contributed by atoms with Crippen LogP contribution >= 0.6 is 0 Å². The van der Waals surface area contributed by atoms with E-state index in [4.69, 9.17) is 14.6 Å². The van der Waals surface area contributed by atoms with Gasteiger partial charge in [0.05, 0.1) is 12.7 Å². The van der Waals surface area contributed by atoms with Gasteiger partial charge in [0.25, 0.3) is 0 Å². The van der Waals surface area contributed by atoms with Crippen LogP contribution in [0.3, 0.4) is 0 Å². The molecular weight excluding hydrogens is 549 g/mol. The Morgan fingerprint density at radius 2 is 1.53 bits per heavy atom. The standard InChI is InChI=1S/C35H36FNO6/c1-42-31-17-15-26(16-18-31)29-13-14-30(32(36)22-29)24-43-33-7-3-2-6-27(33)19-21-37(20-5-4-8-34(38)39)23-25-9-11-28(12-10-25)35(40)41/h2-3,6-7,9-18,22H,4-5,8,19-21,23-24H2,1H3,(H,38,39)(H,40,41). The molecule has 0 amide bonds. The molecule has 224 valence electrons. The predicted octanol–water partition coefficient (Wildman–Crippen LogP) is 7.08. The third kappa shape index (κ3) is 9.41. The van der Waals surface area contributed by atoms with E-state index in [0.29, 0.717) is 43.8 Å². The second-order valence-electron chi connectivity index (χ2n) is 10.3. The van der Waals surface area contributed by atoms with Crippen molar-refractivity contribution in [3.8, 4) is 22.6 Å². The van der Waals surface area contributed by atoms with Crippen LogP contribution in [0.1, 0.15) is 46.3 Å². The number of carboxylic acid groups (broad SMARTS) is 2. The Bertz CT molecular complexity index is 1500. The number of hydrogen-bond donors (Lipinski definition) is 2. The smallest absolute Gasteiger partial charge is 0.335 e. The van der Waals surface area contributed by atoms with Gasteiger partial charge in [-0.3, -0.25) is 9.69 Å². The van der Waals surface area contributed by atoms with Crippen molar-refractivity contribution in [2.45, 2.75) is 38.8 Å². The van der Waals surface area contributed by atoms with Gasteiger partial charge in [0, 0.05) is 25.1 Å². The van der Waals surface area contributed by atoms with Crippen LogP contribution in [0.5, 0.6) is 11.5 Å². The summed E-state index contributed by atoms with van der Waals surface area (Å²) in [5.74, 6) is -0.705. The van der Waals surface area contributed by atoms with Crippen LogP contribution in [-0.4, -0.2) is 47.3 Å². The molecule has 4 aromatic rings. The van der Waals surface area contributed by atoms with Gasteiger partial charge in [-0.05, 0) is 84.5 Å². The Kier molecular flexibility index (Phi) is 11.3. The number of carboxylic acids is 2. The predicted molar refractivity (Wildman–Crippen MR) is 163 cm³/mol. The molecule has 0 aliphatic carbocycles. The van der Waals surface area contributed by atoms with Gasteiger partial charge in [-0.1, -0.05) is 54.6 Å². The fourth-order valence-corrected chi connectivity index (χ4v) is 4.81. The average molecular weight is 586 g/mol. The van der Waals surface area contributed by atoms with Gasteiger partial charge in [0.1, 0.15) is 23.9 Å². The molecule has 0 radical (unpaired) electrons. The van der Waals surface area contributed by atoms with Crippen molar-refractivity contribution < 1.29 is 33.7 Å². The molecule has 2 N–H and O–H groups in total. The normalized spacial score (nSPS) is 11.0. The second kappa shape index (κ2) is 15.5. The van der Waals surface area contributed by atoms with E-state index >= 15 is 4.39 Å². The van der Waals surface area contributed by atoms with Crippen LogP contribution in [0.15, 0.2) is 91.0 Å². The van der Waals surface area contributed by atoms with Gasteiger partial charge in [-0.15, -0.1) is 0 Å². The van der Waals surface area contributed by atoms with Gasteiger partial charge in [0.15, 0.2) is 0 Å². The number of rotatable bonds is 16. The molecule has 0 aromatic heterocycles.